The van der Waals surface area contributed by atoms with E-state index in [1.807, 2.05) is 24.3 Å². The highest BCUT2D eigenvalue weighted by molar-refractivity contribution is 8.26. The minimum atomic E-state index is -1.05. The van der Waals surface area contributed by atoms with Crippen molar-refractivity contribution in [3.63, 3.8) is 0 Å². The van der Waals surface area contributed by atoms with Gasteiger partial charge in [-0.15, -0.1) is 0 Å². The molecule has 0 aromatic heterocycles. The predicted octanol–water partition coefficient (Wildman–Crippen LogP) is 7.06. The van der Waals surface area contributed by atoms with E-state index in [-0.39, 0.29) is 30.3 Å². The van der Waals surface area contributed by atoms with Gasteiger partial charge in [0.1, 0.15) is 16.7 Å². The molecular formula is C32H29Cl2N3O5S2. The molecule has 0 atom stereocenters. The summed E-state index contributed by atoms with van der Waals surface area (Å²) in [6.45, 7) is 3.57. The number of carboxylic acids is 1. The quantitative estimate of drug-likeness (QED) is 0.165. The number of nitrogens with one attached hydrogen (secondary N) is 1. The smallest absolute Gasteiger partial charge is 0.335 e. The molecule has 0 unspecified atom stereocenters. The first-order valence-electron chi connectivity index (χ1n) is 14.0. The van der Waals surface area contributed by atoms with E-state index in [4.69, 9.17) is 45.3 Å². The number of thioether (sulfide) groups is 1. The number of thiocarbonyl (C=S) groups is 1. The van der Waals surface area contributed by atoms with Crippen LogP contribution in [0.5, 0.6) is 5.75 Å². The number of anilines is 1. The lowest BCUT2D eigenvalue weighted by atomic mass is 10.0. The third-order valence-electron chi connectivity index (χ3n) is 7.25. The van der Waals surface area contributed by atoms with Crippen LogP contribution in [-0.4, -0.2) is 69.8 Å². The van der Waals surface area contributed by atoms with Gasteiger partial charge in [-0.2, -0.15) is 0 Å². The van der Waals surface area contributed by atoms with Crippen molar-refractivity contribution in [2.45, 2.75) is 19.3 Å². The number of halogens is 2. The lowest BCUT2D eigenvalue weighted by Crippen LogP contribution is -2.31. The zero-order valence-corrected chi connectivity index (χ0v) is 26.7. The van der Waals surface area contributed by atoms with E-state index in [0.717, 1.165) is 30.8 Å². The van der Waals surface area contributed by atoms with Crippen LogP contribution in [0.25, 0.3) is 17.2 Å². The van der Waals surface area contributed by atoms with Gasteiger partial charge in [0.25, 0.3) is 5.91 Å². The Bertz CT molecular complexity index is 1620. The molecule has 0 radical (unpaired) electrons. The van der Waals surface area contributed by atoms with Gasteiger partial charge in [0.05, 0.1) is 10.5 Å². The summed E-state index contributed by atoms with van der Waals surface area (Å²) in [5, 5.41) is 12.8. The average Bonchev–Trinajstić information content (AvgIpc) is 3.60. The van der Waals surface area contributed by atoms with Crippen LogP contribution in [0, 0.1) is 0 Å². The van der Waals surface area contributed by atoms with E-state index in [9.17, 15) is 14.4 Å². The van der Waals surface area contributed by atoms with Gasteiger partial charge < -0.3 is 15.2 Å². The minimum Gasteiger partial charge on any atom is -0.492 e. The number of carbonyl (C=O) groups is 3. The van der Waals surface area contributed by atoms with Crippen molar-refractivity contribution >= 4 is 81.0 Å². The van der Waals surface area contributed by atoms with E-state index in [1.54, 1.807) is 18.2 Å². The number of likely N-dealkylation sites (tertiary alicyclic amines) is 1. The molecule has 8 nitrogen and oxygen atoms in total. The molecule has 3 aromatic rings. The van der Waals surface area contributed by atoms with E-state index in [0.29, 0.717) is 42.9 Å². The number of rotatable bonds is 11. The summed E-state index contributed by atoms with van der Waals surface area (Å²) >= 11 is 19.3. The van der Waals surface area contributed by atoms with Crippen LogP contribution in [0.3, 0.4) is 0 Å². The fraction of sp³-hybridized carbons (Fsp3) is 0.250. The van der Waals surface area contributed by atoms with Crippen molar-refractivity contribution in [2.75, 3.05) is 38.1 Å². The minimum absolute atomic E-state index is 0.00974. The molecule has 2 heterocycles. The Kier molecular flexibility index (Phi) is 10.6. The van der Waals surface area contributed by atoms with Gasteiger partial charge in [-0.1, -0.05) is 59.3 Å². The molecule has 44 heavy (non-hydrogen) atoms. The highest BCUT2D eigenvalue weighted by Gasteiger charge is 2.32. The molecule has 12 heteroatoms. The van der Waals surface area contributed by atoms with Gasteiger partial charge in [0, 0.05) is 46.4 Å². The van der Waals surface area contributed by atoms with Crippen molar-refractivity contribution in [2.24, 2.45) is 0 Å². The molecule has 2 aliphatic rings. The van der Waals surface area contributed by atoms with Crippen LogP contribution in [0.1, 0.15) is 35.2 Å². The summed E-state index contributed by atoms with van der Waals surface area (Å²) in [4.78, 5) is 41.2. The van der Waals surface area contributed by atoms with Crippen molar-refractivity contribution in [3.05, 3.63) is 86.7 Å². The average molecular weight is 671 g/mol. The molecule has 2 saturated heterocycles. The van der Waals surface area contributed by atoms with E-state index >= 15 is 0 Å². The van der Waals surface area contributed by atoms with Crippen LogP contribution < -0.4 is 10.1 Å². The number of carboxylic acid groups (broad SMARTS) is 1. The summed E-state index contributed by atoms with van der Waals surface area (Å²) in [6, 6.07) is 16.9. The topological polar surface area (TPSA) is 99.2 Å². The third kappa shape index (κ3) is 7.99. The monoisotopic (exact) mass is 669 g/mol. The van der Waals surface area contributed by atoms with Gasteiger partial charge in [-0.3, -0.25) is 19.4 Å². The summed E-state index contributed by atoms with van der Waals surface area (Å²) in [6.07, 6.45) is 4.17. The number of amides is 2. The molecule has 2 fully saturated rings. The first-order valence-corrected chi connectivity index (χ1v) is 16.0. The summed E-state index contributed by atoms with van der Waals surface area (Å²) in [7, 11) is 0. The Balaban J connectivity index is 1.30. The number of carbonyl (C=O) groups excluding carboxylic acids is 2. The van der Waals surface area contributed by atoms with Gasteiger partial charge in [0.15, 0.2) is 0 Å². The van der Waals surface area contributed by atoms with Gasteiger partial charge in [-0.25, -0.2) is 4.79 Å². The molecule has 2 N–H and O–H groups in total. The maximum atomic E-state index is 13.4. The van der Waals surface area contributed by atoms with Crippen LogP contribution >= 0.6 is 47.2 Å². The highest BCUT2D eigenvalue weighted by atomic mass is 35.5. The number of hydrogen-bond donors (Lipinski definition) is 2. The second kappa shape index (κ2) is 14.6. The summed E-state index contributed by atoms with van der Waals surface area (Å²) in [5.41, 5.74) is 2.93. The van der Waals surface area contributed by atoms with E-state index in [2.05, 4.69) is 10.2 Å². The summed E-state index contributed by atoms with van der Waals surface area (Å²) < 4.78 is 6.56. The number of hydrogen-bond acceptors (Lipinski definition) is 7. The lowest BCUT2D eigenvalue weighted by molar-refractivity contribution is -0.122. The van der Waals surface area contributed by atoms with Crippen LogP contribution in [0.15, 0.2) is 65.6 Å². The largest absolute Gasteiger partial charge is 0.492 e. The van der Waals surface area contributed by atoms with Gasteiger partial charge >= 0.3 is 5.97 Å². The molecule has 228 valence electrons. The number of ether oxygens (including phenoxy) is 1. The van der Waals surface area contributed by atoms with Crippen molar-refractivity contribution in [1.82, 2.24) is 9.80 Å². The van der Waals surface area contributed by atoms with E-state index in [1.165, 1.54) is 53.8 Å². The fourth-order valence-electron chi connectivity index (χ4n) is 4.94. The number of aromatic carboxylic acids is 1. The highest BCUT2D eigenvalue weighted by Crippen LogP contribution is 2.37. The van der Waals surface area contributed by atoms with Crippen LogP contribution in [-0.2, 0) is 9.59 Å². The second-order valence-corrected chi connectivity index (χ2v) is 12.8. The predicted molar refractivity (Wildman–Crippen MR) is 180 cm³/mol. The molecule has 0 spiro atoms. The lowest BCUT2D eigenvalue weighted by Gasteiger charge is -2.17. The second-order valence-electron chi connectivity index (χ2n) is 10.3. The zero-order valence-electron chi connectivity index (χ0n) is 23.6. The Morgan fingerprint density at radius 2 is 1.77 bits per heavy atom. The van der Waals surface area contributed by atoms with Gasteiger partial charge in [0.2, 0.25) is 5.91 Å². The normalized spacial score (nSPS) is 16.1. The van der Waals surface area contributed by atoms with Gasteiger partial charge in [-0.05, 0) is 86.1 Å². The molecule has 2 aliphatic heterocycles. The molecule has 5 rings (SSSR count). The SMILES string of the molecule is O=C(CCN1C(=O)/C(=C/c2cc(-c3ccc(Cl)cc3Cl)ccc2OCCN2CCCC2)SC1=S)Nc1ccc(C(=O)O)cc1. The molecule has 0 saturated carbocycles. The molecular weight excluding hydrogens is 641 g/mol. The van der Waals surface area contributed by atoms with Crippen LogP contribution in [0.4, 0.5) is 5.69 Å². The van der Waals surface area contributed by atoms with Crippen molar-refractivity contribution in [1.29, 1.82) is 0 Å². The van der Waals surface area contributed by atoms with Crippen LogP contribution in [0.2, 0.25) is 10.0 Å². The Morgan fingerprint density at radius 1 is 1.02 bits per heavy atom. The maximum Gasteiger partial charge on any atom is 0.335 e. The Labute approximate surface area is 275 Å². The maximum absolute atomic E-state index is 13.4. The Hall–Kier alpha value is -3.41. The number of benzene rings is 3. The summed E-state index contributed by atoms with van der Waals surface area (Å²) in [5.74, 6) is -1.04. The first-order chi connectivity index (χ1) is 21.2. The first kappa shape index (κ1) is 32.0. The Morgan fingerprint density at radius 3 is 2.48 bits per heavy atom. The van der Waals surface area contributed by atoms with Crippen molar-refractivity contribution in [3.8, 4) is 16.9 Å². The third-order valence-corrected chi connectivity index (χ3v) is 9.18. The molecule has 0 bridgehead atoms. The molecule has 2 amide bonds. The number of nitrogens with zero attached hydrogens (tertiary/aromatic N) is 2. The standard InChI is InChI=1S/C32H29Cl2N3O5S2/c33-23-6-9-25(26(34)19-23)21-5-10-27(42-16-15-36-12-1-2-13-36)22(17-21)18-28-30(39)37(32(43)44-28)14-11-29(38)35-24-7-3-20(4-8-24)31(40)41/h3-10,17-19H,1-2,11-16H2,(H,35,38)(H,40,41)/b28-18-. The van der Waals surface area contributed by atoms with E-state index < -0.39 is 5.97 Å². The van der Waals surface area contributed by atoms with Crippen molar-refractivity contribution < 1.29 is 24.2 Å². The molecule has 3 aromatic carbocycles. The fourth-order valence-corrected chi connectivity index (χ4v) is 6.76. The molecule has 0 aliphatic carbocycles. The zero-order chi connectivity index (χ0) is 31.2.